The maximum Gasteiger partial charge on any atom is 0.322 e. The third kappa shape index (κ3) is 3.80. The minimum Gasteiger partial charge on any atom is -0.328 e. The molecule has 1 atom stereocenters. The quantitative estimate of drug-likeness (QED) is 0.666. The Bertz CT molecular complexity index is 1050. The van der Waals surface area contributed by atoms with Crippen molar-refractivity contribution in [2.24, 2.45) is 0 Å². The Morgan fingerprint density at radius 1 is 1.26 bits per heavy atom. The second-order valence-electron chi connectivity index (χ2n) is 6.14. The van der Waals surface area contributed by atoms with Crippen LogP contribution in [0.15, 0.2) is 53.5 Å². The Hall–Kier alpha value is -2.86. The van der Waals surface area contributed by atoms with Gasteiger partial charge >= 0.3 is 6.03 Å². The molecule has 140 valence electrons. The van der Waals surface area contributed by atoms with Crippen molar-refractivity contribution in [3.8, 4) is 0 Å². The number of hydrogen-bond donors (Lipinski definition) is 2. The number of carbonyl (C=O) groups excluding carboxylic acids is 1. The molecule has 0 saturated carbocycles. The summed E-state index contributed by atoms with van der Waals surface area (Å²) in [7, 11) is 0. The third-order valence-electron chi connectivity index (χ3n) is 4.53. The van der Waals surface area contributed by atoms with E-state index in [0.29, 0.717) is 17.6 Å². The molecule has 7 heteroatoms. The van der Waals surface area contributed by atoms with Gasteiger partial charge in [-0.05, 0) is 49.1 Å². The van der Waals surface area contributed by atoms with Crippen LogP contribution in [0, 0.1) is 5.82 Å². The van der Waals surface area contributed by atoms with E-state index in [9.17, 15) is 14.0 Å². The number of H-pyrrole nitrogens is 1. The van der Waals surface area contributed by atoms with Crippen molar-refractivity contribution in [2.75, 3.05) is 11.9 Å². The summed E-state index contributed by atoms with van der Waals surface area (Å²) in [5, 5.41) is 4.04. The molecule has 0 aliphatic carbocycles. The van der Waals surface area contributed by atoms with Crippen molar-refractivity contribution >= 4 is 34.1 Å². The number of fused-ring (bicyclic) bond motifs is 1. The highest BCUT2D eigenvalue weighted by Crippen LogP contribution is 2.27. The van der Waals surface area contributed by atoms with Crippen LogP contribution in [0.4, 0.5) is 14.9 Å². The predicted octanol–water partition coefficient (Wildman–Crippen LogP) is 4.94. The molecular weight excluding hydrogens is 369 g/mol. The lowest BCUT2D eigenvalue weighted by atomic mass is 10.0. The molecule has 2 N–H and O–H groups in total. The van der Waals surface area contributed by atoms with Crippen LogP contribution in [-0.2, 0) is 0 Å². The van der Waals surface area contributed by atoms with Crippen LogP contribution in [0.5, 0.6) is 0 Å². The molecule has 0 aliphatic heterocycles. The summed E-state index contributed by atoms with van der Waals surface area (Å²) in [5.41, 5.74) is 1.07. The molecule has 0 saturated heterocycles. The first-order valence-electron chi connectivity index (χ1n) is 8.55. The molecule has 0 spiro atoms. The Kier molecular flexibility index (Phi) is 5.46. The smallest absolute Gasteiger partial charge is 0.322 e. The van der Waals surface area contributed by atoms with E-state index in [-0.39, 0.29) is 22.7 Å². The lowest BCUT2D eigenvalue weighted by Gasteiger charge is -2.29. The summed E-state index contributed by atoms with van der Waals surface area (Å²) in [6.45, 7) is 4.19. The molecule has 1 aromatic heterocycles. The maximum absolute atomic E-state index is 13.3. The van der Waals surface area contributed by atoms with Crippen LogP contribution >= 0.6 is 11.6 Å². The third-order valence-corrected chi connectivity index (χ3v) is 4.82. The van der Waals surface area contributed by atoms with Gasteiger partial charge in [-0.2, -0.15) is 0 Å². The Labute approximate surface area is 160 Å². The number of nitrogens with zero attached hydrogens (tertiary/aromatic N) is 1. The van der Waals surface area contributed by atoms with Crippen LogP contribution < -0.4 is 10.9 Å². The number of amides is 2. The van der Waals surface area contributed by atoms with E-state index in [4.69, 9.17) is 11.6 Å². The normalized spacial score (nSPS) is 12.0. The molecule has 0 fully saturated rings. The van der Waals surface area contributed by atoms with Gasteiger partial charge < -0.3 is 15.2 Å². The van der Waals surface area contributed by atoms with Gasteiger partial charge in [0.25, 0.3) is 5.56 Å². The van der Waals surface area contributed by atoms with E-state index in [2.05, 4.69) is 10.3 Å². The topological polar surface area (TPSA) is 65.2 Å². The molecular formula is C20H19ClFN3O2. The van der Waals surface area contributed by atoms with E-state index in [1.807, 2.05) is 26.0 Å². The molecule has 0 bridgehead atoms. The van der Waals surface area contributed by atoms with Gasteiger partial charge in [0.15, 0.2) is 0 Å². The van der Waals surface area contributed by atoms with Gasteiger partial charge in [0.2, 0.25) is 0 Å². The average Bonchev–Trinajstić information content (AvgIpc) is 2.66. The first-order valence-corrected chi connectivity index (χ1v) is 8.93. The van der Waals surface area contributed by atoms with Gasteiger partial charge in [0.05, 0.1) is 11.1 Å². The molecule has 3 rings (SSSR count). The number of benzene rings is 2. The van der Waals surface area contributed by atoms with Crippen LogP contribution in [0.2, 0.25) is 5.02 Å². The van der Waals surface area contributed by atoms with E-state index in [0.717, 1.165) is 10.9 Å². The molecule has 2 aromatic carbocycles. The Morgan fingerprint density at radius 3 is 2.63 bits per heavy atom. The molecule has 1 heterocycles. The van der Waals surface area contributed by atoms with Gasteiger partial charge in [-0.25, -0.2) is 9.18 Å². The number of aromatic amines is 1. The zero-order valence-electron chi connectivity index (χ0n) is 14.9. The lowest BCUT2D eigenvalue weighted by Crippen LogP contribution is -2.37. The number of urea groups is 1. The summed E-state index contributed by atoms with van der Waals surface area (Å²) in [6.07, 6.45) is 1.64. The molecule has 0 radical (unpaired) electrons. The fraction of sp³-hybridized carbons (Fsp3) is 0.200. The van der Waals surface area contributed by atoms with E-state index in [1.54, 1.807) is 23.2 Å². The number of pyridine rings is 1. The zero-order valence-corrected chi connectivity index (χ0v) is 15.7. The van der Waals surface area contributed by atoms with Crippen LogP contribution in [0.3, 0.4) is 0 Å². The van der Waals surface area contributed by atoms with E-state index < -0.39 is 5.82 Å². The van der Waals surface area contributed by atoms with Crippen molar-refractivity contribution in [1.29, 1.82) is 0 Å². The number of carbonyl (C=O) groups is 1. The van der Waals surface area contributed by atoms with Gasteiger partial charge in [0.1, 0.15) is 5.82 Å². The van der Waals surface area contributed by atoms with Crippen molar-refractivity contribution in [1.82, 2.24) is 9.88 Å². The van der Waals surface area contributed by atoms with E-state index in [1.165, 1.54) is 18.2 Å². The monoisotopic (exact) mass is 387 g/mol. The minimum atomic E-state index is -0.546. The van der Waals surface area contributed by atoms with Gasteiger partial charge in [-0.3, -0.25) is 4.79 Å². The van der Waals surface area contributed by atoms with Crippen LogP contribution in [0.1, 0.15) is 25.5 Å². The summed E-state index contributed by atoms with van der Waals surface area (Å²) >= 11 is 5.78. The summed E-state index contributed by atoms with van der Waals surface area (Å²) in [6, 6.07) is 10.6. The summed E-state index contributed by atoms with van der Waals surface area (Å²) in [5.74, 6) is -0.546. The SMILES string of the molecule is CCN(C(=O)Nc1ccc(F)c(Cl)c1)C(C)c1c[nH]c(=O)c2ccccc12. The highest BCUT2D eigenvalue weighted by molar-refractivity contribution is 6.31. The Balaban J connectivity index is 1.91. The first-order chi connectivity index (χ1) is 12.9. The molecule has 2 amide bonds. The van der Waals surface area contributed by atoms with E-state index >= 15 is 0 Å². The van der Waals surface area contributed by atoms with Crippen LogP contribution in [-0.4, -0.2) is 22.5 Å². The highest BCUT2D eigenvalue weighted by atomic mass is 35.5. The standard InChI is InChI=1S/C20H19ClFN3O2/c1-3-25(20(27)24-13-8-9-18(22)17(21)10-13)12(2)16-11-23-19(26)15-7-5-4-6-14(15)16/h4-12H,3H2,1-2H3,(H,23,26)(H,24,27). The minimum absolute atomic E-state index is 0.0597. The molecule has 0 aliphatic rings. The predicted molar refractivity (Wildman–Crippen MR) is 106 cm³/mol. The maximum atomic E-state index is 13.3. The Morgan fingerprint density at radius 2 is 1.96 bits per heavy atom. The van der Waals surface area contributed by atoms with Crippen molar-refractivity contribution in [2.45, 2.75) is 19.9 Å². The molecule has 3 aromatic rings. The molecule has 1 unspecified atom stereocenters. The zero-order chi connectivity index (χ0) is 19.6. The number of halogens is 2. The van der Waals surface area contributed by atoms with Gasteiger partial charge in [-0.15, -0.1) is 0 Å². The van der Waals surface area contributed by atoms with Crippen molar-refractivity contribution in [3.63, 3.8) is 0 Å². The molecule has 27 heavy (non-hydrogen) atoms. The summed E-state index contributed by atoms with van der Waals surface area (Å²) in [4.78, 5) is 29.2. The first kappa shape index (κ1) is 18.9. The highest BCUT2D eigenvalue weighted by Gasteiger charge is 2.22. The lowest BCUT2D eigenvalue weighted by molar-refractivity contribution is 0.197. The fourth-order valence-electron chi connectivity index (χ4n) is 3.11. The second kappa shape index (κ2) is 7.80. The number of aromatic nitrogens is 1. The van der Waals surface area contributed by atoms with Crippen molar-refractivity contribution in [3.05, 3.63) is 75.4 Å². The average molecular weight is 388 g/mol. The number of nitrogens with one attached hydrogen (secondary N) is 2. The second-order valence-corrected chi connectivity index (χ2v) is 6.55. The number of hydrogen-bond acceptors (Lipinski definition) is 2. The number of rotatable bonds is 4. The largest absolute Gasteiger partial charge is 0.328 e. The molecule has 5 nitrogen and oxygen atoms in total. The number of anilines is 1. The van der Waals surface area contributed by atoms with Crippen LogP contribution in [0.25, 0.3) is 10.8 Å². The van der Waals surface area contributed by atoms with Gasteiger partial charge in [-0.1, -0.05) is 29.8 Å². The summed E-state index contributed by atoms with van der Waals surface area (Å²) < 4.78 is 13.3. The fourth-order valence-corrected chi connectivity index (χ4v) is 3.29. The van der Waals surface area contributed by atoms with Gasteiger partial charge in [0, 0.05) is 23.8 Å². The van der Waals surface area contributed by atoms with Crippen molar-refractivity contribution < 1.29 is 9.18 Å².